The summed E-state index contributed by atoms with van der Waals surface area (Å²) in [6, 6.07) is 6.82. The lowest BCUT2D eigenvalue weighted by Crippen LogP contribution is -2.27. The lowest BCUT2D eigenvalue weighted by atomic mass is 9.93. The van der Waals surface area contributed by atoms with Crippen molar-refractivity contribution in [3.63, 3.8) is 0 Å². The van der Waals surface area contributed by atoms with E-state index in [1.165, 1.54) is 30.5 Å². The molecule has 0 aliphatic heterocycles. The third-order valence-corrected chi connectivity index (χ3v) is 4.33. The minimum Gasteiger partial charge on any atom is -0.316 e. The van der Waals surface area contributed by atoms with Crippen molar-refractivity contribution in [1.29, 1.82) is 0 Å². The first-order valence-electron chi connectivity index (χ1n) is 6.95. The highest BCUT2D eigenvalue weighted by Gasteiger charge is 2.34. The first-order chi connectivity index (χ1) is 8.81. The van der Waals surface area contributed by atoms with Crippen LogP contribution in [0.2, 0.25) is 0 Å². The van der Waals surface area contributed by atoms with E-state index in [1.807, 2.05) is 12.1 Å². The number of fused-ring (bicyclic) bond motifs is 2. The number of hydrogen-bond donors (Lipinski definition) is 1. The summed E-state index contributed by atoms with van der Waals surface area (Å²) in [7, 11) is 0. The predicted molar refractivity (Wildman–Crippen MR) is 71.8 cm³/mol. The fraction of sp³-hybridized carbons (Fsp3) is 0.500. The van der Waals surface area contributed by atoms with Gasteiger partial charge in [-0.1, -0.05) is 24.3 Å². The maximum atomic E-state index is 12.7. The van der Waals surface area contributed by atoms with Crippen LogP contribution >= 0.6 is 0 Å². The molecule has 0 amide bonds. The molecule has 0 radical (unpaired) electrons. The molecule has 18 heavy (non-hydrogen) atoms. The Hall–Kier alpha value is -1.15. The van der Waals surface area contributed by atoms with E-state index in [2.05, 4.69) is 17.5 Å². The first kappa shape index (κ1) is 11.9. The summed E-state index contributed by atoms with van der Waals surface area (Å²) < 4.78 is 12.7. The van der Waals surface area contributed by atoms with Gasteiger partial charge in [0.05, 0.1) is 0 Å². The van der Waals surface area contributed by atoms with E-state index in [-0.39, 0.29) is 5.82 Å². The van der Waals surface area contributed by atoms with Crippen LogP contribution in [0, 0.1) is 23.6 Å². The maximum Gasteiger partial charge on any atom is 0.123 e. The number of allylic oxidation sites excluding steroid dienone is 2. The van der Waals surface area contributed by atoms with Crippen LogP contribution in [0.5, 0.6) is 0 Å². The number of benzene rings is 1. The van der Waals surface area contributed by atoms with Crippen LogP contribution in [0.4, 0.5) is 4.39 Å². The molecule has 3 atom stereocenters. The minimum atomic E-state index is -0.152. The van der Waals surface area contributed by atoms with Gasteiger partial charge in [0.2, 0.25) is 0 Å². The quantitative estimate of drug-likeness (QED) is 0.620. The number of halogens is 1. The van der Waals surface area contributed by atoms with Crippen LogP contribution in [0.25, 0.3) is 0 Å². The molecule has 1 nitrogen and oxygen atoms in total. The molecule has 3 rings (SSSR count). The van der Waals surface area contributed by atoms with Gasteiger partial charge in [-0.3, -0.25) is 0 Å². The second kappa shape index (κ2) is 5.23. The van der Waals surface area contributed by atoms with Crippen LogP contribution in [-0.4, -0.2) is 13.1 Å². The zero-order valence-electron chi connectivity index (χ0n) is 10.6. The van der Waals surface area contributed by atoms with Crippen LogP contribution in [0.15, 0.2) is 36.4 Å². The van der Waals surface area contributed by atoms with Gasteiger partial charge in [0.15, 0.2) is 0 Å². The predicted octanol–water partition coefficient (Wildman–Crippen LogP) is 3.17. The van der Waals surface area contributed by atoms with E-state index < -0.39 is 0 Å². The van der Waals surface area contributed by atoms with Gasteiger partial charge in [0, 0.05) is 0 Å². The Labute approximate surface area is 108 Å². The van der Waals surface area contributed by atoms with Gasteiger partial charge in [0.25, 0.3) is 0 Å². The summed E-state index contributed by atoms with van der Waals surface area (Å²) in [4.78, 5) is 0. The normalized spacial score (nSPS) is 29.1. The zero-order valence-corrected chi connectivity index (χ0v) is 10.6. The van der Waals surface area contributed by atoms with Crippen molar-refractivity contribution in [3.05, 3.63) is 47.8 Å². The number of hydrogen-bond acceptors (Lipinski definition) is 1. The van der Waals surface area contributed by atoms with Gasteiger partial charge in [-0.05, 0) is 67.8 Å². The van der Waals surface area contributed by atoms with Gasteiger partial charge >= 0.3 is 0 Å². The van der Waals surface area contributed by atoms with Crippen molar-refractivity contribution in [1.82, 2.24) is 5.32 Å². The molecule has 0 aromatic heterocycles. The van der Waals surface area contributed by atoms with Crippen LogP contribution < -0.4 is 5.32 Å². The lowest BCUT2D eigenvalue weighted by Gasteiger charge is -2.18. The zero-order chi connectivity index (χ0) is 12.4. The third-order valence-electron chi connectivity index (χ3n) is 4.33. The fourth-order valence-corrected chi connectivity index (χ4v) is 3.30. The average Bonchev–Trinajstić information content (AvgIpc) is 2.99. The lowest BCUT2D eigenvalue weighted by molar-refractivity contribution is 0.416. The second-order valence-corrected chi connectivity index (χ2v) is 5.62. The molecule has 1 N–H and O–H groups in total. The van der Waals surface area contributed by atoms with Gasteiger partial charge in [-0.25, -0.2) is 4.39 Å². The molecular formula is C16H20FN. The highest BCUT2D eigenvalue weighted by atomic mass is 19.1. The fourth-order valence-electron chi connectivity index (χ4n) is 3.30. The van der Waals surface area contributed by atoms with Crippen LogP contribution in [0.3, 0.4) is 0 Å². The van der Waals surface area contributed by atoms with Gasteiger partial charge in [-0.2, -0.15) is 0 Å². The van der Waals surface area contributed by atoms with Gasteiger partial charge in [0.1, 0.15) is 5.82 Å². The molecule has 96 valence electrons. The Morgan fingerprint density at radius 2 is 1.94 bits per heavy atom. The Kier molecular flexibility index (Phi) is 3.46. The summed E-state index contributed by atoms with van der Waals surface area (Å²) in [6.07, 6.45) is 8.52. The van der Waals surface area contributed by atoms with Crippen LogP contribution in [-0.2, 0) is 6.42 Å². The largest absolute Gasteiger partial charge is 0.316 e. The smallest absolute Gasteiger partial charge is 0.123 e. The molecule has 0 saturated heterocycles. The van der Waals surface area contributed by atoms with Crippen molar-refractivity contribution in [2.75, 3.05) is 13.1 Å². The van der Waals surface area contributed by atoms with Crippen molar-refractivity contribution >= 4 is 0 Å². The Balaban J connectivity index is 1.38. The van der Waals surface area contributed by atoms with E-state index in [0.717, 1.165) is 37.3 Å². The molecular weight excluding hydrogens is 225 g/mol. The molecule has 3 unspecified atom stereocenters. The summed E-state index contributed by atoms with van der Waals surface area (Å²) in [5.74, 6) is 2.38. The molecule has 2 aliphatic rings. The maximum absolute atomic E-state index is 12.7. The van der Waals surface area contributed by atoms with Gasteiger partial charge < -0.3 is 5.32 Å². The molecule has 0 spiro atoms. The average molecular weight is 245 g/mol. The van der Waals surface area contributed by atoms with Crippen molar-refractivity contribution in [2.24, 2.45) is 17.8 Å². The molecule has 1 aromatic rings. The van der Waals surface area contributed by atoms with Crippen LogP contribution in [0.1, 0.15) is 18.4 Å². The topological polar surface area (TPSA) is 12.0 Å². The number of rotatable bonds is 5. The molecule has 2 aliphatic carbocycles. The Morgan fingerprint density at radius 3 is 2.61 bits per heavy atom. The van der Waals surface area contributed by atoms with Crippen molar-refractivity contribution < 1.29 is 4.39 Å². The second-order valence-electron chi connectivity index (χ2n) is 5.62. The molecule has 2 heteroatoms. The SMILES string of the molecule is Fc1ccc(CCNCC2CC3C=CC2C3)cc1. The Bertz CT molecular complexity index is 423. The molecule has 2 bridgehead atoms. The standard InChI is InChI=1S/C16H20FN/c17-16-5-2-12(3-6-16)7-8-18-11-15-10-13-1-4-14(15)9-13/h1-6,13-15,18H,7-11H2. The van der Waals surface area contributed by atoms with Crippen molar-refractivity contribution in [2.45, 2.75) is 19.3 Å². The summed E-state index contributed by atoms with van der Waals surface area (Å²) >= 11 is 0. The molecule has 0 heterocycles. The van der Waals surface area contributed by atoms with E-state index in [0.29, 0.717) is 0 Å². The third kappa shape index (κ3) is 2.64. The summed E-state index contributed by atoms with van der Waals surface area (Å²) in [5.41, 5.74) is 1.21. The van der Waals surface area contributed by atoms with E-state index in [4.69, 9.17) is 0 Å². The monoisotopic (exact) mass is 245 g/mol. The highest BCUT2D eigenvalue weighted by molar-refractivity contribution is 5.16. The summed E-state index contributed by atoms with van der Waals surface area (Å²) in [5, 5.41) is 3.55. The molecule has 1 aromatic carbocycles. The molecule has 1 fully saturated rings. The highest BCUT2D eigenvalue weighted by Crippen LogP contribution is 2.42. The number of nitrogens with one attached hydrogen (secondary N) is 1. The van der Waals surface area contributed by atoms with Crippen molar-refractivity contribution in [3.8, 4) is 0 Å². The summed E-state index contributed by atoms with van der Waals surface area (Å²) in [6.45, 7) is 2.12. The van der Waals surface area contributed by atoms with E-state index in [9.17, 15) is 4.39 Å². The van der Waals surface area contributed by atoms with Gasteiger partial charge in [-0.15, -0.1) is 0 Å². The molecule has 1 saturated carbocycles. The first-order valence-corrected chi connectivity index (χ1v) is 6.95. The van der Waals surface area contributed by atoms with E-state index >= 15 is 0 Å². The minimum absolute atomic E-state index is 0.152. The van der Waals surface area contributed by atoms with E-state index in [1.54, 1.807) is 0 Å². The Morgan fingerprint density at radius 1 is 1.11 bits per heavy atom.